The summed E-state index contributed by atoms with van der Waals surface area (Å²) in [7, 11) is -1.78. The zero-order chi connectivity index (χ0) is 38.2. The molecule has 0 saturated heterocycles. The maximum Gasteiger partial charge on any atom is 0.411 e. The molecule has 6 rings (SSSR count). The third-order valence-corrected chi connectivity index (χ3v) is 11.2. The Kier molecular flexibility index (Phi) is 11.6. The van der Waals surface area contributed by atoms with Gasteiger partial charge in [-0.05, 0) is 83.9 Å². The molecule has 2 amide bonds. The molecule has 2 atom stereocenters. The number of anilines is 2. The monoisotopic (exact) mass is 753 g/mol. The minimum absolute atomic E-state index is 0.00626. The zero-order valence-electron chi connectivity index (χ0n) is 29.2. The van der Waals surface area contributed by atoms with Gasteiger partial charge in [0.1, 0.15) is 13.2 Å². The van der Waals surface area contributed by atoms with Crippen LogP contribution in [0.5, 0.6) is 0 Å². The van der Waals surface area contributed by atoms with Crippen molar-refractivity contribution in [3.05, 3.63) is 136 Å². The number of carbonyl (C=O) groups excluding carboxylic acids is 2. The molecule has 1 aliphatic rings. The molecule has 0 aliphatic heterocycles. The van der Waals surface area contributed by atoms with Crippen LogP contribution in [0.25, 0.3) is 10.8 Å². The van der Waals surface area contributed by atoms with E-state index in [1.807, 2.05) is 18.2 Å². The summed E-state index contributed by atoms with van der Waals surface area (Å²) in [5, 5.41) is 22.1. The molecule has 15 heteroatoms. The first-order chi connectivity index (χ1) is 26.0. The van der Waals surface area contributed by atoms with Crippen LogP contribution in [0.15, 0.2) is 113 Å². The first-order valence-electron chi connectivity index (χ1n) is 17.1. The highest BCUT2D eigenvalue weighted by molar-refractivity contribution is 7.92. The summed E-state index contributed by atoms with van der Waals surface area (Å²) < 4.78 is 36.8. The Hall–Kier alpha value is -6.19. The second kappa shape index (κ2) is 16.7. The number of sulfone groups is 1. The summed E-state index contributed by atoms with van der Waals surface area (Å²) in [5.74, 6) is -1.17. The van der Waals surface area contributed by atoms with Gasteiger partial charge in [-0.15, -0.1) is 0 Å². The highest BCUT2D eigenvalue weighted by atomic mass is 32.2. The lowest BCUT2D eigenvalue weighted by Crippen LogP contribution is -2.33. The van der Waals surface area contributed by atoms with Crippen molar-refractivity contribution in [2.75, 3.05) is 24.3 Å². The largest absolute Gasteiger partial charge is 0.479 e. The summed E-state index contributed by atoms with van der Waals surface area (Å²) in [6.45, 7) is -0.0810. The average Bonchev–Trinajstić information content (AvgIpc) is 4.03. The molecular formula is C39H39N5O9S. The molecule has 1 saturated carbocycles. The van der Waals surface area contributed by atoms with Crippen molar-refractivity contribution in [1.82, 2.24) is 15.6 Å². The van der Waals surface area contributed by atoms with Gasteiger partial charge in [0.05, 0.1) is 16.2 Å². The average molecular weight is 754 g/mol. The Balaban J connectivity index is 1.17. The van der Waals surface area contributed by atoms with Crippen LogP contribution in [0.1, 0.15) is 47.2 Å². The smallest absolute Gasteiger partial charge is 0.411 e. The summed E-state index contributed by atoms with van der Waals surface area (Å²) in [6.07, 6.45) is 1.15. The van der Waals surface area contributed by atoms with Crippen molar-refractivity contribution in [1.29, 1.82) is 0 Å². The van der Waals surface area contributed by atoms with E-state index in [0.29, 0.717) is 51.7 Å². The van der Waals surface area contributed by atoms with Crippen LogP contribution in [0.4, 0.5) is 21.0 Å². The number of nitrogens with one attached hydrogen (secondary N) is 5. The fourth-order valence-corrected chi connectivity index (χ4v) is 7.78. The Labute approximate surface area is 310 Å². The van der Waals surface area contributed by atoms with Crippen LogP contribution in [0.2, 0.25) is 0 Å². The summed E-state index contributed by atoms with van der Waals surface area (Å²) in [4.78, 5) is 53.4. The van der Waals surface area contributed by atoms with E-state index in [9.17, 15) is 32.7 Å². The fraction of sp³-hybridized carbons (Fsp3) is 0.231. The number of carbonyl (C=O) groups is 3. The van der Waals surface area contributed by atoms with Crippen LogP contribution in [0.3, 0.4) is 0 Å². The molecule has 1 aromatic heterocycles. The molecule has 1 unspecified atom stereocenters. The van der Waals surface area contributed by atoms with Gasteiger partial charge in [-0.3, -0.25) is 10.1 Å². The minimum Gasteiger partial charge on any atom is -0.479 e. The van der Waals surface area contributed by atoms with Crippen LogP contribution in [-0.2, 0) is 37.3 Å². The number of pyridine rings is 1. The normalized spacial score (nSPS) is 13.7. The van der Waals surface area contributed by atoms with Crippen molar-refractivity contribution in [3.63, 3.8) is 0 Å². The van der Waals surface area contributed by atoms with Gasteiger partial charge in [-0.25, -0.2) is 22.8 Å². The molecule has 0 radical (unpaired) electrons. The van der Waals surface area contributed by atoms with Crippen LogP contribution in [0, 0.1) is 0 Å². The number of aromatic nitrogens is 1. The number of fused-ring (bicyclic) bond motifs is 1. The Morgan fingerprint density at radius 2 is 1.59 bits per heavy atom. The highest BCUT2D eigenvalue weighted by Crippen LogP contribution is 2.35. The predicted molar refractivity (Wildman–Crippen MR) is 202 cm³/mol. The van der Waals surface area contributed by atoms with Crippen molar-refractivity contribution in [3.8, 4) is 0 Å². The quantitative estimate of drug-likeness (QED) is 0.0772. The topological polar surface area (TPSA) is 205 Å². The molecular weight excluding hydrogens is 715 g/mol. The number of rotatable bonds is 15. The molecule has 54 heavy (non-hydrogen) atoms. The molecule has 14 nitrogen and oxygen atoms in total. The van der Waals surface area contributed by atoms with Crippen molar-refractivity contribution >= 4 is 50.1 Å². The number of aromatic amines is 1. The third kappa shape index (κ3) is 9.23. The van der Waals surface area contributed by atoms with Gasteiger partial charge in [0.15, 0.2) is 15.9 Å². The van der Waals surface area contributed by atoms with Crippen molar-refractivity contribution in [2.45, 2.75) is 48.2 Å². The van der Waals surface area contributed by atoms with Crippen LogP contribution < -0.4 is 26.8 Å². The highest BCUT2D eigenvalue weighted by Gasteiger charge is 2.38. The van der Waals surface area contributed by atoms with Crippen LogP contribution in [-0.4, -0.2) is 55.6 Å². The lowest BCUT2D eigenvalue weighted by molar-refractivity contribution is -0.138. The first kappa shape index (κ1) is 37.6. The van der Waals surface area contributed by atoms with Crippen molar-refractivity contribution < 1.29 is 37.4 Å². The van der Waals surface area contributed by atoms with Gasteiger partial charge in [0.25, 0.3) is 5.56 Å². The molecule has 6 N–H and O–H groups in total. The predicted octanol–water partition coefficient (Wildman–Crippen LogP) is 5.64. The van der Waals surface area contributed by atoms with E-state index in [-0.39, 0.29) is 30.2 Å². The molecule has 1 heterocycles. The van der Waals surface area contributed by atoms with Gasteiger partial charge in [-0.1, -0.05) is 60.7 Å². The summed E-state index contributed by atoms with van der Waals surface area (Å²) >= 11 is 0. The molecule has 1 aliphatic carbocycles. The van der Waals surface area contributed by atoms with E-state index in [4.69, 9.17) is 9.47 Å². The van der Waals surface area contributed by atoms with Gasteiger partial charge >= 0.3 is 18.2 Å². The molecule has 0 bridgehead atoms. The standard InChI is InChI=1S/C39H39N5O9S/c1-40-21-28-19-29(13-16-34(28)54(50,51)31-14-15-31)43-38(48)53-23-33(44-39(49)52-22-24-5-3-2-4-6-24)26-7-9-27(10-8-26)35(37(46)47)42-30-12-11-25-17-18-41-36(45)32(25)20-30/h2-13,16-20,31,33,35,40,42H,14-15,21-23H2,1H3,(H,41,45)(H,43,48)(H,44,49)(H,46,47)/t33-,35?/m0/s1. The number of carboxylic acids is 1. The van der Waals surface area contributed by atoms with E-state index in [2.05, 4.69) is 26.3 Å². The van der Waals surface area contributed by atoms with Gasteiger partial charge in [-0.2, -0.15) is 0 Å². The fourth-order valence-electron chi connectivity index (χ4n) is 5.91. The number of hydrogen-bond acceptors (Lipinski definition) is 10. The molecule has 1 fully saturated rings. The Bertz CT molecular complexity index is 2310. The van der Waals surface area contributed by atoms with Crippen molar-refractivity contribution in [2.24, 2.45) is 0 Å². The second-order valence-corrected chi connectivity index (χ2v) is 15.0. The Morgan fingerprint density at radius 3 is 2.30 bits per heavy atom. The molecule has 4 aromatic carbocycles. The SMILES string of the molecule is CNCc1cc(NC(=O)OC[C@H](NC(=O)OCc2ccccc2)c2ccc(C(Nc3ccc4cc[nH]c(=O)c4c3)C(=O)O)cc2)ccc1S(=O)(=O)C1CC1. The third-order valence-electron chi connectivity index (χ3n) is 8.84. The number of benzene rings is 4. The summed E-state index contributed by atoms with van der Waals surface area (Å²) in [5.41, 5.74) is 2.57. The number of amides is 2. The van der Waals surface area contributed by atoms with Gasteiger partial charge in [0, 0.05) is 29.5 Å². The number of alkyl carbamates (subject to hydrolysis) is 1. The van der Waals surface area contributed by atoms with Crippen LogP contribution >= 0.6 is 0 Å². The van der Waals surface area contributed by atoms with E-state index in [1.165, 1.54) is 18.3 Å². The first-order valence-corrected chi connectivity index (χ1v) is 18.7. The van der Waals surface area contributed by atoms with Gasteiger partial charge in [0.2, 0.25) is 0 Å². The maximum absolute atomic E-state index is 13.0. The second-order valence-electron chi connectivity index (χ2n) is 12.8. The molecule has 280 valence electrons. The van der Waals surface area contributed by atoms with Gasteiger partial charge < -0.3 is 35.5 Å². The molecule has 5 aromatic rings. The van der Waals surface area contributed by atoms with E-state index in [0.717, 1.165) is 5.56 Å². The van der Waals surface area contributed by atoms with E-state index in [1.54, 1.807) is 73.8 Å². The number of aliphatic carboxylic acids is 1. The maximum atomic E-state index is 13.0. The minimum atomic E-state index is -3.47. The number of hydrogen-bond donors (Lipinski definition) is 6. The zero-order valence-corrected chi connectivity index (χ0v) is 30.0. The lowest BCUT2D eigenvalue weighted by atomic mass is 10.0. The summed E-state index contributed by atoms with van der Waals surface area (Å²) in [6, 6.07) is 24.6. The van der Waals surface area contributed by atoms with E-state index < -0.39 is 45.3 Å². The number of carboxylic acid groups (broad SMARTS) is 1. The molecule has 0 spiro atoms. The number of ether oxygens (including phenoxy) is 2. The lowest BCUT2D eigenvalue weighted by Gasteiger charge is -2.21. The Morgan fingerprint density at radius 1 is 0.870 bits per heavy atom. The number of H-pyrrole nitrogens is 1. The van der Waals surface area contributed by atoms with E-state index >= 15 is 0 Å².